The predicted octanol–water partition coefficient (Wildman–Crippen LogP) is 2.47. The van der Waals surface area contributed by atoms with Crippen LogP contribution < -0.4 is 11.1 Å². The van der Waals surface area contributed by atoms with Crippen LogP contribution in [0, 0.1) is 5.92 Å². The highest BCUT2D eigenvalue weighted by molar-refractivity contribution is 5.93. The van der Waals surface area contributed by atoms with Crippen molar-refractivity contribution in [2.75, 3.05) is 18.4 Å². The van der Waals surface area contributed by atoms with Crippen molar-refractivity contribution in [1.29, 1.82) is 0 Å². The van der Waals surface area contributed by atoms with Gasteiger partial charge in [-0.2, -0.15) is 18.3 Å². The fourth-order valence-corrected chi connectivity index (χ4v) is 3.88. The number of nitrogens with zero attached hydrogens (tertiary/aromatic N) is 3. The van der Waals surface area contributed by atoms with Gasteiger partial charge in [0.25, 0.3) is 5.91 Å². The normalized spacial score (nSPS) is 22.8. The van der Waals surface area contributed by atoms with Crippen LogP contribution in [0.25, 0.3) is 0 Å². The molecule has 0 aliphatic carbocycles. The summed E-state index contributed by atoms with van der Waals surface area (Å²) in [5.74, 6) is -0.675. The van der Waals surface area contributed by atoms with Gasteiger partial charge in [0.1, 0.15) is 11.6 Å². The maximum atomic E-state index is 13.7. The van der Waals surface area contributed by atoms with Crippen molar-refractivity contribution in [2.24, 2.45) is 11.7 Å². The molecule has 0 aromatic carbocycles. The highest BCUT2D eigenvalue weighted by Crippen LogP contribution is 2.43. The number of nitrogens with two attached hydrogens (primary N) is 1. The molecular formula is C18H20F3N5O3. The molecule has 8 nitrogen and oxygen atoms in total. The lowest BCUT2D eigenvalue weighted by molar-refractivity contribution is -0.174. The number of likely N-dealkylation sites (tertiary alicyclic amines) is 1. The molecule has 0 radical (unpaired) electrons. The second-order valence-electron chi connectivity index (χ2n) is 7.33. The monoisotopic (exact) mass is 411 g/mol. The van der Waals surface area contributed by atoms with E-state index in [-0.39, 0.29) is 23.9 Å². The van der Waals surface area contributed by atoms with Crippen LogP contribution in [-0.2, 0) is 4.79 Å². The third-order valence-corrected chi connectivity index (χ3v) is 5.48. The standard InChI is InChI=1S/C18H20F3N5O3/c19-18(20,21)14-8-11(13-2-1-7-29-13)23-15-9-12(24-26(14)15)17(28)25-5-3-10(4-6-25)16(22)27/h1-2,7,9-11,14,23H,3-6,8H2,(H2,22,27)/t11-,14-/m1/s1. The number of carbonyl (C=O) groups excluding carboxylic acids is 2. The molecule has 2 atom stereocenters. The summed E-state index contributed by atoms with van der Waals surface area (Å²) < 4.78 is 47.1. The van der Waals surface area contributed by atoms with Crippen molar-refractivity contribution >= 4 is 17.6 Å². The van der Waals surface area contributed by atoms with Crippen LogP contribution in [0.1, 0.15) is 47.6 Å². The molecule has 2 aromatic heterocycles. The van der Waals surface area contributed by atoms with E-state index in [0.29, 0.717) is 31.7 Å². The average Bonchev–Trinajstić information content (AvgIpc) is 3.35. The molecule has 2 aliphatic heterocycles. The molecule has 1 saturated heterocycles. The van der Waals surface area contributed by atoms with Gasteiger partial charge in [0.2, 0.25) is 5.91 Å². The fraction of sp³-hybridized carbons (Fsp3) is 0.500. The Kier molecular flexibility index (Phi) is 4.75. The van der Waals surface area contributed by atoms with E-state index in [1.165, 1.54) is 17.2 Å². The molecule has 0 spiro atoms. The first-order valence-electron chi connectivity index (χ1n) is 9.29. The molecule has 156 valence electrons. The fourth-order valence-electron chi connectivity index (χ4n) is 3.88. The van der Waals surface area contributed by atoms with Crippen LogP contribution in [0.2, 0.25) is 0 Å². The first-order valence-corrected chi connectivity index (χ1v) is 9.29. The van der Waals surface area contributed by atoms with E-state index in [9.17, 15) is 22.8 Å². The quantitative estimate of drug-likeness (QED) is 0.807. The first kappa shape index (κ1) is 19.3. The number of anilines is 1. The maximum Gasteiger partial charge on any atom is 0.410 e. The largest absolute Gasteiger partial charge is 0.467 e. The second kappa shape index (κ2) is 7.12. The molecule has 2 aromatic rings. The topological polar surface area (TPSA) is 106 Å². The summed E-state index contributed by atoms with van der Waals surface area (Å²) in [6, 6.07) is 1.98. The van der Waals surface area contributed by atoms with Gasteiger partial charge in [-0.1, -0.05) is 0 Å². The maximum absolute atomic E-state index is 13.7. The SMILES string of the molecule is NC(=O)C1CCN(C(=O)c2cc3n(n2)[C@@H](C(F)(F)F)C[C@H](c2ccco2)N3)CC1. The number of halogens is 3. The number of alkyl halides is 3. The Morgan fingerprint density at radius 1 is 1.28 bits per heavy atom. The van der Waals surface area contributed by atoms with Gasteiger partial charge in [0.15, 0.2) is 11.7 Å². The minimum Gasteiger partial charge on any atom is -0.467 e. The van der Waals surface area contributed by atoms with Crippen molar-refractivity contribution in [3.63, 3.8) is 0 Å². The summed E-state index contributed by atoms with van der Waals surface area (Å²) in [6.45, 7) is 0.611. The number of carbonyl (C=O) groups is 2. The summed E-state index contributed by atoms with van der Waals surface area (Å²) in [5.41, 5.74) is 5.22. The molecule has 1 fully saturated rings. The lowest BCUT2D eigenvalue weighted by atomic mass is 9.96. The average molecular weight is 411 g/mol. The number of nitrogens with one attached hydrogen (secondary N) is 1. The third kappa shape index (κ3) is 3.68. The molecule has 29 heavy (non-hydrogen) atoms. The van der Waals surface area contributed by atoms with Crippen molar-refractivity contribution in [2.45, 2.75) is 37.5 Å². The molecule has 2 amide bonds. The molecule has 2 aliphatic rings. The molecule has 0 saturated carbocycles. The molecule has 4 heterocycles. The van der Waals surface area contributed by atoms with E-state index >= 15 is 0 Å². The third-order valence-electron chi connectivity index (χ3n) is 5.48. The summed E-state index contributed by atoms with van der Waals surface area (Å²) >= 11 is 0. The van der Waals surface area contributed by atoms with E-state index in [1.54, 1.807) is 12.1 Å². The van der Waals surface area contributed by atoms with E-state index in [1.807, 2.05) is 0 Å². The molecule has 0 unspecified atom stereocenters. The smallest absolute Gasteiger partial charge is 0.410 e. The van der Waals surface area contributed by atoms with Gasteiger partial charge in [0.05, 0.1) is 12.3 Å². The second-order valence-corrected chi connectivity index (χ2v) is 7.33. The minimum atomic E-state index is -4.53. The molecule has 11 heteroatoms. The first-order chi connectivity index (χ1) is 13.7. The number of aromatic nitrogens is 2. The number of amides is 2. The van der Waals surface area contributed by atoms with Crippen LogP contribution in [0.4, 0.5) is 19.0 Å². The summed E-state index contributed by atoms with van der Waals surface area (Å²) in [7, 11) is 0. The van der Waals surface area contributed by atoms with Gasteiger partial charge >= 0.3 is 6.18 Å². The van der Waals surface area contributed by atoms with Crippen molar-refractivity contribution < 1.29 is 27.2 Å². The predicted molar refractivity (Wildman–Crippen MR) is 94.8 cm³/mol. The summed E-state index contributed by atoms with van der Waals surface area (Å²) in [4.78, 5) is 25.5. The van der Waals surface area contributed by atoms with Crippen LogP contribution in [0.3, 0.4) is 0 Å². The minimum absolute atomic E-state index is 0.0700. The van der Waals surface area contributed by atoms with Crippen LogP contribution in [0.5, 0.6) is 0 Å². The number of hydrogen-bond acceptors (Lipinski definition) is 5. The van der Waals surface area contributed by atoms with Crippen molar-refractivity contribution in [1.82, 2.24) is 14.7 Å². The Hall–Kier alpha value is -2.98. The van der Waals surface area contributed by atoms with Gasteiger partial charge in [-0.3, -0.25) is 9.59 Å². The highest BCUT2D eigenvalue weighted by Gasteiger charge is 2.47. The molecule has 4 rings (SSSR count). The number of rotatable bonds is 3. The number of primary amides is 1. The Bertz CT molecular complexity index is 900. The van der Waals surface area contributed by atoms with Crippen LogP contribution in [0.15, 0.2) is 28.9 Å². The number of furan rings is 1. The Balaban J connectivity index is 1.58. The number of hydrogen-bond donors (Lipinski definition) is 2. The van der Waals surface area contributed by atoms with Gasteiger partial charge in [0, 0.05) is 31.5 Å². The zero-order chi connectivity index (χ0) is 20.8. The van der Waals surface area contributed by atoms with E-state index in [0.717, 1.165) is 4.68 Å². The lowest BCUT2D eigenvalue weighted by Crippen LogP contribution is -2.42. The number of piperidine rings is 1. The van der Waals surface area contributed by atoms with Gasteiger partial charge in [-0.15, -0.1) is 0 Å². The Morgan fingerprint density at radius 2 is 2.00 bits per heavy atom. The number of fused-ring (bicyclic) bond motifs is 1. The zero-order valence-corrected chi connectivity index (χ0v) is 15.4. The molecule has 3 N–H and O–H groups in total. The van der Waals surface area contributed by atoms with Gasteiger partial charge in [-0.25, -0.2) is 4.68 Å². The Labute approximate surface area is 163 Å². The Morgan fingerprint density at radius 3 is 2.59 bits per heavy atom. The van der Waals surface area contributed by atoms with E-state index in [2.05, 4.69) is 10.4 Å². The lowest BCUT2D eigenvalue weighted by Gasteiger charge is -2.32. The van der Waals surface area contributed by atoms with Gasteiger partial charge < -0.3 is 20.4 Å². The van der Waals surface area contributed by atoms with Crippen LogP contribution >= 0.6 is 0 Å². The molecule has 0 bridgehead atoms. The van der Waals surface area contributed by atoms with Crippen molar-refractivity contribution in [3.05, 3.63) is 35.9 Å². The summed E-state index contributed by atoms with van der Waals surface area (Å²) in [6.07, 6.45) is -2.58. The van der Waals surface area contributed by atoms with E-state index in [4.69, 9.17) is 10.2 Å². The summed E-state index contributed by atoms with van der Waals surface area (Å²) in [5, 5.41) is 6.94. The highest BCUT2D eigenvalue weighted by atomic mass is 19.4. The van der Waals surface area contributed by atoms with Crippen molar-refractivity contribution in [3.8, 4) is 0 Å². The van der Waals surface area contributed by atoms with E-state index < -0.39 is 30.1 Å². The zero-order valence-electron chi connectivity index (χ0n) is 15.4. The van der Waals surface area contributed by atoms with Crippen LogP contribution in [-0.4, -0.2) is 45.8 Å². The van der Waals surface area contributed by atoms with Gasteiger partial charge in [-0.05, 0) is 25.0 Å². The molecular weight excluding hydrogens is 391 g/mol.